The van der Waals surface area contributed by atoms with Crippen molar-refractivity contribution < 1.29 is 47.8 Å². The molecule has 0 aromatic carbocycles. The van der Waals surface area contributed by atoms with Gasteiger partial charge in [-0.05, 0) is 20.5 Å². The van der Waals surface area contributed by atoms with E-state index in [1.807, 2.05) is 76.0 Å². The Labute approximate surface area is 169 Å². The molecule has 2 atom stereocenters. The Bertz CT molecular complexity index is 547. The van der Waals surface area contributed by atoms with Crippen molar-refractivity contribution in [3.05, 3.63) is 11.8 Å². The van der Waals surface area contributed by atoms with Gasteiger partial charge < -0.3 is 14.5 Å². The normalized spacial score (nSPS) is 13.8. The SMILES string of the molecule is CCCC(=O)C(C(=O)OC)C(/C(C=[N+](C)C)=C/N(C)C)N(C)C.[O-][Cl+3]([O-])([O-])[O-]. The lowest BCUT2D eigenvalue weighted by Crippen LogP contribution is -2.68. The Morgan fingerprint density at radius 1 is 1.11 bits per heavy atom. The average molecular weight is 426 g/mol. The van der Waals surface area contributed by atoms with Crippen LogP contribution in [0.2, 0.25) is 0 Å². The zero-order valence-corrected chi connectivity index (χ0v) is 18.6. The van der Waals surface area contributed by atoms with Crippen molar-refractivity contribution in [2.75, 3.05) is 49.4 Å². The highest BCUT2D eigenvalue weighted by molar-refractivity contribution is 6.01. The minimum absolute atomic E-state index is 0.0881. The van der Waals surface area contributed by atoms with Crippen LogP contribution >= 0.6 is 0 Å². The molecule has 0 fully saturated rings. The summed E-state index contributed by atoms with van der Waals surface area (Å²) in [6.07, 6.45) is 4.93. The molecule has 0 aliphatic heterocycles. The van der Waals surface area contributed by atoms with Crippen molar-refractivity contribution in [3.8, 4) is 0 Å². The Morgan fingerprint density at radius 3 is 1.86 bits per heavy atom. The van der Waals surface area contributed by atoms with E-state index in [0.717, 1.165) is 5.57 Å². The summed E-state index contributed by atoms with van der Waals surface area (Å²) in [6, 6.07) is -0.383. The van der Waals surface area contributed by atoms with Crippen molar-refractivity contribution in [2.45, 2.75) is 25.8 Å². The number of likely N-dealkylation sites (N-methyl/N-ethyl adjacent to an activating group) is 1. The lowest BCUT2D eigenvalue weighted by Gasteiger charge is -2.30. The molecule has 28 heavy (non-hydrogen) atoms. The van der Waals surface area contributed by atoms with Gasteiger partial charge in [-0.2, -0.15) is 0 Å². The maximum Gasteiger partial charge on any atom is 0.318 e. The average Bonchev–Trinajstić information content (AvgIpc) is 2.48. The number of hydrogen-bond acceptors (Lipinski definition) is 9. The molecule has 0 aromatic rings. The summed E-state index contributed by atoms with van der Waals surface area (Å²) in [5.41, 5.74) is 0.879. The predicted octanol–water partition coefficient (Wildman–Crippen LogP) is -3.89. The first kappa shape index (κ1) is 28.6. The minimum atomic E-state index is -4.94. The second-order valence-electron chi connectivity index (χ2n) is 6.69. The Hall–Kier alpha value is -1.56. The van der Waals surface area contributed by atoms with Gasteiger partial charge in [-0.15, -0.1) is 10.2 Å². The van der Waals surface area contributed by atoms with Gasteiger partial charge in [0.2, 0.25) is 0 Å². The van der Waals surface area contributed by atoms with E-state index >= 15 is 0 Å². The van der Waals surface area contributed by atoms with Crippen LogP contribution in [0, 0.1) is 16.2 Å². The summed E-state index contributed by atoms with van der Waals surface area (Å²) in [6.45, 7) is 1.93. The lowest BCUT2D eigenvalue weighted by atomic mass is 9.87. The summed E-state index contributed by atoms with van der Waals surface area (Å²) < 4.78 is 40.8. The molecular weight excluding hydrogens is 394 g/mol. The zero-order valence-electron chi connectivity index (χ0n) is 17.8. The summed E-state index contributed by atoms with van der Waals surface area (Å²) in [4.78, 5) is 28.7. The molecule has 0 spiro atoms. The van der Waals surface area contributed by atoms with Gasteiger partial charge in [0.15, 0.2) is 6.21 Å². The van der Waals surface area contributed by atoms with E-state index in [-0.39, 0.29) is 11.8 Å². The van der Waals surface area contributed by atoms with Gasteiger partial charge in [0.05, 0.1) is 13.2 Å². The molecule has 0 rings (SSSR count). The highest BCUT2D eigenvalue weighted by Gasteiger charge is 2.39. The number of carbonyl (C=O) groups excluding carboxylic acids is 2. The maximum absolute atomic E-state index is 12.6. The highest BCUT2D eigenvalue weighted by atomic mass is 35.7. The maximum atomic E-state index is 12.6. The number of carbonyl (C=O) groups is 2. The van der Waals surface area contributed by atoms with Crippen molar-refractivity contribution in [1.82, 2.24) is 9.80 Å². The van der Waals surface area contributed by atoms with Crippen LogP contribution in [0.1, 0.15) is 19.8 Å². The van der Waals surface area contributed by atoms with E-state index < -0.39 is 22.1 Å². The van der Waals surface area contributed by atoms with Gasteiger partial charge in [0.25, 0.3) is 0 Å². The number of nitrogens with zero attached hydrogens (tertiary/aromatic N) is 3. The standard InChI is InChI=1S/C17H32N3O3.ClHO4/c1-9-10-14(21)15(17(22)23-8)16(20(6)7)13(11-18(2)3)12-19(4)5;2-1(3,4)5/h11-12,15-16H,9-10H2,1-8H3;(H,2,3,4,5)/q+1;/p-1. The molecule has 2 unspecified atom stereocenters. The molecule has 0 heterocycles. The molecule has 0 saturated heterocycles. The molecule has 0 saturated carbocycles. The van der Waals surface area contributed by atoms with Gasteiger partial charge in [-0.3, -0.25) is 9.59 Å². The van der Waals surface area contributed by atoms with Crippen LogP contribution in [-0.2, 0) is 14.3 Å². The fourth-order valence-electron chi connectivity index (χ4n) is 2.54. The molecule has 0 bridgehead atoms. The topological polar surface area (TPSA) is 145 Å². The van der Waals surface area contributed by atoms with Crippen molar-refractivity contribution in [1.29, 1.82) is 0 Å². The number of methoxy groups -OCH3 is 1. The van der Waals surface area contributed by atoms with E-state index in [1.54, 1.807) is 0 Å². The lowest BCUT2D eigenvalue weighted by molar-refractivity contribution is -2.00. The quantitative estimate of drug-likeness (QED) is 0.156. The van der Waals surface area contributed by atoms with Crippen LogP contribution < -0.4 is 18.6 Å². The largest absolute Gasteiger partial charge is 0.468 e. The van der Waals surface area contributed by atoms with Crippen LogP contribution in [-0.4, -0.2) is 87.8 Å². The van der Waals surface area contributed by atoms with Gasteiger partial charge in [-0.1, -0.05) is 6.92 Å². The van der Waals surface area contributed by atoms with Crippen LogP contribution in [0.3, 0.4) is 0 Å². The fraction of sp³-hybridized carbons (Fsp3) is 0.706. The molecule has 0 N–H and O–H groups in total. The first-order valence-electron chi connectivity index (χ1n) is 8.43. The molecule has 0 aliphatic carbocycles. The van der Waals surface area contributed by atoms with E-state index in [9.17, 15) is 9.59 Å². The second kappa shape index (κ2) is 13.6. The van der Waals surface area contributed by atoms with E-state index in [0.29, 0.717) is 12.8 Å². The predicted molar refractivity (Wildman–Crippen MR) is 92.8 cm³/mol. The van der Waals surface area contributed by atoms with Gasteiger partial charge in [0.1, 0.15) is 25.8 Å². The van der Waals surface area contributed by atoms with Crippen LogP contribution in [0.4, 0.5) is 0 Å². The molecule has 10 nitrogen and oxygen atoms in total. The number of esters is 1. The third kappa shape index (κ3) is 13.6. The third-order valence-corrected chi connectivity index (χ3v) is 3.33. The molecule has 0 aromatic heterocycles. The van der Waals surface area contributed by atoms with E-state index in [2.05, 4.69) is 0 Å². The first-order valence-corrected chi connectivity index (χ1v) is 9.67. The zero-order chi connectivity index (χ0) is 22.7. The molecule has 11 heteroatoms. The van der Waals surface area contributed by atoms with Crippen LogP contribution in [0.5, 0.6) is 0 Å². The van der Waals surface area contributed by atoms with Crippen molar-refractivity contribution in [3.63, 3.8) is 0 Å². The second-order valence-corrected chi connectivity index (χ2v) is 7.44. The Kier molecular flexibility index (Phi) is 13.9. The number of halogens is 1. The number of ketones is 1. The summed E-state index contributed by atoms with van der Waals surface area (Å²) in [5, 5.41) is 0. The Morgan fingerprint density at radius 2 is 1.57 bits per heavy atom. The summed E-state index contributed by atoms with van der Waals surface area (Å²) in [7, 11) is 7.77. The van der Waals surface area contributed by atoms with E-state index in [4.69, 9.17) is 23.4 Å². The van der Waals surface area contributed by atoms with Crippen LogP contribution in [0.25, 0.3) is 0 Å². The first-order chi connectivity index (χ1) is 12.6. The Balaban J connectivity index is 0. The van der Waals surface area contributed by atoms with E-state index in [1.165, 1.54) is 7.11 Å². The number of hydrogen-bond donors (Lipinski definition) is 0. The molecule has 0 radical (unpaired) electrons. The molecule has 0 aliphatic rings. The van der Waals surface area contributed by atoms with Crippen molar-refractivity contribution in [2.24, 2.45) is 5.92 Å². The number of Topliss-reactive ketones (excluding diaryl/α,β-unsaturated/α-hetero) is 1. The van der Waals surface area contributed by atoms with Crippen molar-refractivity contribution >= 4 is 18.0 Å². The number of ether oxygens (including phenoxy) is 1. The minimum Gasteiger partial charge on any atom is -0.468 e. The molecule has 0 amide bonds. The van der Waals surface area contributed by atoms with Gasteiger partial charge >= 0.3 is 5.97 Å². The van der Waals surface area contributed by atoms with Crippen LogP contribution in [0.15, 0.2) is 11.8 Å². The van der Waals surface area contributed by atoms with Gasteiger partial charge in [0, 0.05) is 32.3 Å². The fourth-order valence-corrected chi connectivity index (χ4v) is 2.54. The smallest absolute Gasteiger partial charge is 0.318 e. The molecule has 164 valence electrons. The highest BCUT2D eigenvalue weighted by Crippen LogP contribution is 2.21. The summed E-state index contributed by atoms with van der Waals surface area (Å²) >= 11 is 0. The number of rotatable bonds is 9. The summed E-state index contributed by atoms with van der Waals surface area (Å²) in [5.74, 6) is -1.41. The monoisotopic (exact) mass is 425 g/mol. The molecular formula is C17H32ClN3O7. The third-order valence-electron chi connectivity index (χ3n) is 3.33. The van der Waals surface area contributed by atoms with Gasteiger partial charge in [-0.25, -0.2) is 23.2 Å².